The molecule has 0 amide bonds. The number of fused-ring (bicyclic) bond motifs is 3. The van der Waals surface area contributed by atoms with Gasteiger partial charge in [-0.05, 0) is 74.3 Å². The molecule has 2 aliphatic heterocycles. The van der Waals surface area contributed by atoms with E-state index in [-0.39, 0.29) is 29.0 Å². The van der Waals surface area contributed by atoms with Crippen LogP contribution in [-0.4, -0.2) is 36.9 Å². The first-order valence-electron chi connectivity index (χ1n) is 12.7. The van der Waals surface area contributed by atoms with Crippen molar-refractivity contribution >= 4 is 5.97 Å². The van der Waals surface area contributed by atoms with E-state index in [9.17, 15) is 4.79 Å². The lowest BCUT2D eigenvalue weighted by molar-refractivity contribution is -0.147. The zero-order valence-corrected chi connectivity index (χ0v) is 18.8. The van der Waals surface area contributed by atoms with E-state index in [1.807, 2.05) is 6.07 Å². The van der Waals surface area contributed by atoms with Crippen molar-refractivity contribution < 1.29 is 18.7 Å². The molecule has 3 aliphatic carbocycles. The summed E-state index contributed by atoms with van der Waals surface area (Å²) < 4.78 is 17.7. The highest BCUT2D eigenvalue weighted by Gasteiger charge is 2.65. The Morgan fingerprint density at radius 1 is 1.19 bits per heavy atom. The fourth-order valence-corrected chi connectivity index (χ4v) is 7.88. The highest BCUT2D eigenvalue weighted by Crippen LogP contribution is 2.62. The summed E-state index contributed by atoms with van der Waals surface area (Å²) in [5.74, 6) is 2.65. The van der Waals surface area contributed by atoms with Gasteiger partial charge in [-0.2, -0.15) is 0 Å². The Morgan fingerprint density at radius 3 is 2.87 bits per heavy atom. The number of carbonyl (C=O) groups excluding carboxylic acids is 1. The molecule has 1 spiro atoms. The number of rotatable bonds is 5. The van der Waals surface area contributed by atoms with Gasteiger partial charge < -0.3 is 19.2 Å². The van der Waals surface area contributed by atoms with Gasteiger partial charge in [0.15, 0.2) is 0 Å². The van der Waals surface area contributed by atoms with Gasteiger partial charge in [0.1, 0.15) is 11.9 Å². The van der Waals surface area contributed by atoms with Crippen LogP contribution in [0.1, 0.15) is 70.5 Å². The van der Waals surface area contributed by atoms with Crippen LogP contribution in [0.3, 0.4) is 0 Å². The molecule has 3 heterocycles. The standard InChI is InChI=1S/C26H37NO4/c1-25-9-5-10-26(16-30-26)23(25)13-19-20(24(28)31-22(19)14-25)15-27-21-8-3-2-6-17(21)12-18-7-4-11-29-18/h4,7,11,17,19-23,27H,2-3,5-6,8-10,12-16H2,1H3/t17-,19+,20-,21-,22+,23+,25+,26-/m0/s1. The summed E-state index contributed by atoms with van der Waals surface area (Å²) in [6, 6.07) is 4.53. The first-order chi connectivity index (χ1) is 15.1. The van der Waals surface area contributed by atoms with Gasteiger partial charge in [-0.15, -0.1) is 0 Å². The Labute approximate surface area is 185 Å². The van der Waals surface area contributed by atoms with Crippen LogP contribution in [0.15, 0.2) is 22.8 Å². The van der Waals surface area contributed by atoms with Crippen molar-refractivity contribution in [2.24, 2.45) is 29.1 Å². The Morgan fingerprint density at radius 2 is 2.06 bits per heavy atom. The van der Waals surface area contributed by atoms with E-state index in [0.29, 0.717) is 23.8 Å². The summed E-state index contributed by atoms with van der Waals surface area (Å²) >= 11 is 0. The lowest BCUT2D eigenvalue weighted by Gasteiger charge is -2.51. The third-order valence-electron chi connectivity index (χ3n) is 9.63. The van der Waals surface area contributed by atoms with Crippen LogP contribution in [0.5, 0.6) is 0 Å². The van der Waals surface area contributed by atoms with Gasteiger partial charge in [-0.3, -0.25) is 4.79 Å². The minimum Gasteiger partial charge on any atom is -0.469 e. The van der Waals surface area contributed by atoms with E-state index in [1.54, 1.807) is 6.26 Å². The van der Waals surface area contributed by atoms with Crippen LogP contribution in [0.25, 0.3) is 0 Å². The van der Waals surface area contributed by atoms with Gasteiger partial charge in [0.25, 0.3) is 0 Å². The van der Waals surface area contributed by atoms with Crippen LogP contribution < -0.4 is 5.32 Å². The first kappa shape index (κ1) is 20.3. The number of carbonyl (C=O) groups is 1. The molecule has 5 heteroatoms. The molecule has 2 saturated heterocycles. The van der Waals surface area contributed by atoms with E-state index in [1.165, 1.54) is 44.9 Å². The van der Waals surface area contributed by atoms with Crippen molar-refractivity contribution in [2.45, 2.75) is 88.9 Å². The largest absolute Gasteiger partial charge is 0.469 e. The van der Waals surface area contributed by atoms with Crippen LogP contribution >= 0.6 is 0 Å². The van der Waals surface area contributed by atoms with Gasteiger partial charge in [-0.1, -0.05) is 19.8 Å². The number of hydrogen-bond acceptors (Lipinski definition) is 5. The van der Waals surface area contributed by atoms with E-state index in [4.69, 9.17) is 13.9 Å². The maximum Gasteiger partial charge on any atom is 0.310 e. The van der Waals surface area contributed by atoms with Gasteiger partial charge in [-0.25, -0.2) is 0 Å². The fraction of sp³-hybridized carbons (Fsp3) is 0.808. The number of ether oxygens (including phenoxy) is 2. The first-order valence-corrected chi connectivity index (χ1v) is 12.7. The Kier molecular flexibility index (Phi) is 4.99. The summed E-state index contributed by atoms with van der Waals surface area (Å²) in [5.41, 5.74) is 0.398. The molecule has 170 valence electrons. The van der Waals surface area contributed by atoms with Crippen molar-refractivity contribution in [3.8, 4) is 0 Å². The van der Waals surface area contributed by atoms with Crippen molar-refractivity contribution in [1.29, 1.82) is 0 Å². The monoisotopic (exact) mass is 427 g/mol. The summed E-state index contributed by atoms with van der Waals surface area (Å²) in [7, 11) is 0. The minimum absolute atomic E-state index is 0.00142. The molecular weight excluding hydrogens is 390 g/mol. The third-order valence-corrected chi connectivity index (χ3v) is 9.63. The van der Waals surface area contributed by atoms with Gasteiger partial charge >= 0.3 is 5.97 Å². The van der Waals surface area contributed by atoms with Crippen molar-refractivity contribution in [1.82, 2.24) is 5.32 Å². The maximum absolute atomic E-state index is 12.9. The van der Waals surface area contributed by atoms with Crippen LogP contribution in [0.2, 0.25) is 0 Å². The second-order valence-corrected chi connectivity index (χ2v) is 11.4. The molecule has 1 aromatic rings. The zero-order valence-electron chi connectivity index (χ0n) is 18.8. The normalized spacial score (nSPS) is 46.4. The molecule has 1 aromatic heterocycles. The lowest BCUT2D eigenvalue weighted by Crippen LogP contribution is -2.51. The van der Waals surface area contributed by atoms with Crippen molar-refractivity contribution in [3.05, 3.63) is 24.2 Å². The van der Waals surface area contributed by atoms with E-state index >= 15 is 0 Å². The molecule has 5 nitrogen and oxygen atoms in total. The number of esters is 1. The summed E-state index contributed by atoms with van der Waals surface area (Å²) in [5, 5.41) is 3.83. The molecule has 0 aromatic carbocycles. The van der Waals surface area contributed by atoms with E-state index < -0.39 is 0 Å². The summed E-state index contributed by atoms with van der Waals surface area (Å²) in [6.45, 7) is 4.12. The predicted octanol–water partition coefficient (Wildman–Crippen LogP) is 4.50. The Bertz CT molecular complexity index is 802. The van der Waals surface area contributed by atoms with Crippen molar-refractivity contribution in [3.63, 3.8) is 0 Å². The van der Waals surface area contributed by atoms with Gasteiger partial charge in [0.05, 0.1) is 24.4 Å². The quantitative estimate of drug-likeness (QED) is 0.554. The molecule has 0 radical (unpaired) electrons. The minimum atomic E-state index is -0.00142. The molecule has 0 unspecified atom stereocenters. The van der Waals surface area contributed by atoms with Gasteiger partial charge in [0, 0.05) is 24.9 Å². The average molecular weight is 428 g/mol. The zero-order chi connectivity index (χ0) is 21.1. The van der Waals surface area contributed by atoms with E-state index in [2.05, 4.69) is 18.3 Å². The fourth-order valence-electron chi connectivity index (χ4n) is 7.88. The lowest BCUT2D eigenvalue weighted by atomic mass is 9.53. The molecule has 8 atom stereocenters. The second kappa shape index (κ2) is 7.62. The van der Waals surface area contributed by atoms with E-state index in [0.717, 1.165) is 38.2 Å². The highest BCUT2D eigenvalue weighted by atomic mass is 16.6. The topological polar surface area (TPSA) is 64.0 Å². The van der Waals surface area contributed by atoms with Crippen LogP contribution in [-0.2, 0) is 20.7 Å². The second-order valence-electron chi connectivity index (χ2n) is 11.4. The number of nitrogens with one attached hydrogen (secondary N) is 1. The molecule has 0 bridgehead atoms. The average Bonchev–Trinajstić information content (AvgIpc) is 3.19. The number of epoxide rings is 1. The molecule has 5 aliphatic rings. The Balaban J connectivity index is 1.13. The maximum atomic E-state index is 12.9. The molecule has 6 rings (SSSR count). The van der Waals surface area contributed by atoms with Crippen LogP contribution in [0, 0.1) is 29.1 Å². The smallest absolute Gasteiger partial charge is 0.310 e. The molecule has 3 saturated carbocycles. The highest BCUT2D eigenvalue weighted by molar-refractivity contribution is 5.75. The number of furan rings is 1. The Hall–Kier alpha value is -1.33. The third kappa shape index (κ3) is 3.56. The van der Waals surface area contributed by atoms with Gasteiger partial charge in [0.2, 0.25) is 0 Å². The summed E-state index contributed by atoms with van der Waals surface area (Å²) in [6.07, 6.45) is 13.7. The SMILES string of the molecule is C[C@]12CCC[C@]3(CO3)[C@@H]1C[C@@H]1[C@H](CN[C@H]3CCCC[C@H]3Cc3ccco3)C(=O)O[C@@H]1C2. The number of hydrogen-bond donors (Lipinski definition) is 1. The molecule has 5 fully saturated rings. The van der Waals surface area contributed by atoms with Crippen LogP contribution in [0.4, 0.5) is 0 Å². The molecule has 1 N–H and O–H groups in total. The molecule has 31 heavy (non-hydrogen) atoms. The summed E-state index contributed by atoms with van der Waals surface area (Å²) in [4.78, 5) is 12.9. The van der Waals surface area contributed by atoms with Crippen molar-refractivity contribution in [2.75, 3.05) is 13.2 Å². The molecular formula is C26H37NO4. The predicted molar refractivity (Wildman–Crippen MR) is 116 cm³/mol.